The van der Waals surface area contributed by atoms with Crippen LogP contribution >= 0.6 is 11.6 Å². The summed E-state index contributed by atoms with van der Waals surface area (Å²) in [7, 11) is 1.45. The summed E-state index contributed by atoms with van der Waals surface area (Å²) in [5, 5.41) is 19.1. The molecule has 0 saturated carbocycles. The molecule has 0 radical (unpaired) electrons. The summed E-state index contributed by atoms with van der Waals surface area (Å²) < 4.78 is 12.9. The van der Waals surface area contributed by atoms with Gasteiger partial charge in [-0.3, -0.25) is 9.59 Å². The summed E-state index contributed by atoms with van der Waals surface area (Å²) in [5.74, 6) is -0.940. The van der Waals surface area contributed by atoms with Gasteiger partial charge in [-0.05, 0) is 55.2 Å². The van der Waals surface area contributed by atoms with Gasteiger partial charge >= 0.3 is 5.97 Å². The smallest absolute Gasteiger partial charge is 0.335 e. The molecular weight excluding hydrogens is 508 g/mol. The maximum Gasteiger partial charge on any atom is 0.335 e. The second-order valence-electron chi connectivity index (χ2n) is 9.19. The van der Waals surface area contributed by atoms with E-state index in [1.807, 2.05) is 0 Å². The van der Waals surface area contributed by atoms with Gasteiger partial charge in [0.1, 0.15) is 5.75 Å². The van der Waals surface area contributed by atoms with E-state index in [-0.39, 0.29) is 23.9 Å². The number of carbonyl (C=O) groups is 2. The second kappa shape index (κ2) is 12.1. The van der Waals surface area contributed by atoms with Crippen LogP contribution in [0, 0.1) is 11.3 Å². The Hall–Kier alpha value is -3.93. The van der Waals surface area contributed by atoms with Crippen LogP contribution in [-0.4, -0.2) is 41.2 Å². The van der Waals surface area contributed by atoms with E-state index in [0.29, 0.717) is 46.1 Å². The molecule has 1 saturated heterocycles. The van der Waals surface area contributed by atoms with Crippen LogP contribution < -0.4 is 10.3 Å². The summed E-state index contributed by atoms with van der Waals surface area (Å²) in [4.78, 5) is 38.3. The molecule has 38 heavy (non-hydrogen) atoms. The lowest BCUT2D eigenvalue weighted by atomic mass is 9.94. The maximum atomic E-state index is 13.6. The first-order chi connectivity index (χ1) is 18.3. The van der Waals surface area contributed by atoms with Crippen LogP contribution in [0.2, 0.25) is 5.02 Å². The Balaban J connectivity index is 1.73. The highest BCUT2D eigenvalue weighted by Gasteiger charge is 2.28. The molecule has 2 heterocycles. The van der Waals surface area contributed by atoms with Crippen LogP contribution in [0.5, 0.6) is 5.75 Å². The fourth-order valence-corrected chi connectivity index (χ4v) is 4.88. The minimum absolute atomic E-state index is 0.0145. The predicted molar refractivity (Wildman–Crippen MR) is 142 cm³/mol. The van der Waals surface area contributed by atoms with Crippen LogP contribution in [0.3, 0.4) is 0 Å². The number of pyridine rings is 1. The Morgan fingerprint density at radius 3 is 2.58 bits per heavy atom. The number of Topliss-reactive ketones (excluding diaryl/α,β-unsaturated/α-hetero) is 1. The number of benzene rings is 2. The van der Waals surface area contributed by atoms with E-state index in [4.69, 9.17) is 26.2 Å². The van der Waals surface area contributed by atoms with Gasteiger partial charge in [0.05, 0.1) is 42.6 Å². The average molecular weight is 535 g/mol. The second-order valence-corrected chi connectivity index (χ2v) is 9.62. The lowest BCUT2D eigenvalue weighted by molar-refractivity contribution is -0.123. The molecular formula is C29H27ClN2O6. The average Bonchev–Trinajstić information content (AvgIpc) is 2.92. The summed E-state index contributed by atoms with van der Waals surface area (Å²) in [6.07, 6.45) is 4.37. The molecule has 1 aromatic heterocycles. The number of carboxylic acid groups (broad SMARTS) is 1. The Kier molecular flexibility index (Phi) is 8.62. The standard InChI is InChI=1S/C29H27ClN2O6/c1-37-27-17-32(28(34)15-24(27)23-13-21(30)10-9-20(23)16-31)25(14-22-4-2-3-11-38-22)26(33)12-18-5-7-19(8-6-18)29(35)36/h5-10,13,15,17,22,25H,2-4,11-12,14H2,1H3,(H,35,36)/t22-,25-/m0/s1. The van der Waals surface area contributed by atoms with Crippen molar-refractivity contribution in [3.8, 4) is 22.9 Å². The highest BCUT2D eigenvalue weighted by atomic mass is 35.5. The quantitative estimate of drug-likeness (QED) is 0.407. The molecule has 0 spiro atoms. The molecule has 1 aliphatic heterocycles. The molecule has 1 fully saturated rings. The largest absolute Gasteiger partial charge is 0.495 e. The van der Waals surface area contributed by atoms with Gasteiger partial charge in [-0.1, -0.05) is 23.7 Å². The Labute approximate surface area is 225 Å². The fourth-order valence-electron chi connectivity index (χ4n) is 4.71. The molecule has 2 atom stereocenters. The van der Waals surface area contributed by atoms with Crippen molar-refractivity contribution in [2.75, 3.05) is 13.7 Å². The van der Waals surface area contributed by atoms with Crippen LogP contribution in [0.1, 0.15) is 53.2 Å². The van der Waals surface area contributed by atoms with Crippen molar-refractivity contribution in [1.29, 1.82) is 5.26 Å². The van der Waals surface area contributed by atoms with Gasteiger partial charge in [0, 0.05) is 41.7 Å². The summed E-state index contributed by atoms with van der Waals surface area (Å²) in [6.45, 7) is 0.602. The van der Waals surface area contributed by atoms with E-state index in [9.17, 15) is 19.6 Å². The van der Waals surface area contributed by atoms with E-state index >= 15 is 0 Å². The first kappa shape index (κ1) is 27.1. The van der Waals surface area contributed by atoms with Crippen LogP contribution in [0.15, 0.2) is 59.5 Å². The third kappa shape index (κ3) is 6.13. The number of ketones is 1. The number of ether oxygens (including phenoxy) is 2. The monoisotopic (exact) mass is 534 g/mol. The zero-order valence-corrected chi connectivity index (χ0v) is 21.6. The first-order valence-corrected chi connectivity index (χ1v) is 12.6. The van der Waals surface area contributed by atoms with Crippen molar-refractivity contribution >= 4 is 23.4 Å². The highest BCUT2D eigenvalue weighted by Crippen LogP contribution is 2.34. The van der Waals surface area contributed by atoms with Gasteiger partial charge in [-0.25, -0.2) is 4.79 Å². The number of hydrogen-bond donors (Lipinski definition) is 1. The van der Waals surface area contributed by atoms with Crippen molar-refractivity contribution in [3.63, 3.8) is 0 Å². The molecule has 2 aromatic carbocycles. The minimum Gasteiger partial charge on any atom is -0.495 e. The van der Waals surface area contributed by atoms with Crippen molar-refractivity contribution in [1.82, 2.24) is 4.57 Å². The molecule has 8 nitrogen and oxygen atoms in total. The molecule has 3 aromatic rings. The van der Waals surface area contributed by atoms with Crippen molar-refractivity contribution in [2.24, 2.45) is 0 Å². The molecule has 1 N–H and O–H groups in total. The van der Waals surface area contributed by atoms with Crippen molar-refractivity contribution in [3.05, 3.63) is 86.8 Å². The number of nitriles is 1. The summed E-state index contributed by atoms with van der Waals surface area (Å²) >= 11 is 6.17. The summed E-state index contributed by atoms with van der Waals surface area (Å²) in [5.41, 5.74) is 1.53. The van der Waals surface area contributed by atoms with Gasteiger partial charge in [-0.2, -0.15) is 5.26 Å². The van der Waals surface area contributed by atoms with Crippen molar-refractivity contribution < 1.29 is 24.2 Å². The molecule has 1 aliphatic rings. The van der Waals surface area contributed by atoms with Gasteiger partial charge in [-0.15, -0.1) is 0 Å². The van der Waals surface area contributed by atoms with E-state index in [1.54, 1.807) is 30.3 Å². The van der Waals surface area contributed by atoms with E-state index in [2.05, 4.69) is 6.07 Å². The van der Waals surface area contributed by atoms with Crippen LogP contribution in [-0.2, 0) is 16.0 Å². The minimum atomic E-state index is -1.05. The highest BCUT2D eigenvalue weighted by molar-refractivity contribution is 6.31. The van der Waals surface area contributed by atoms with Crippen LogP contribution in [0.25, 0.3) is 11.1 Å². The fraction of sp³-hybridized carbons (Fsp3) is 0.310. The number of nitrogens with zero attached hydrogens (tertiary/aromatic N) is 2. The summed E-state index contributed by atoms with van der Waals surface area (Å²) in [6, 6.07) is 13.5. The number of aromatic nitrogens is 1. The number of halogens is 1. The number of rotatable bonds is 9. The van der Waals surface area contributed by atoms with E-state index in [1.165, 1.54) is 36.1 Å². The van der Waals surface area contributed by atoms with Gasteiger partial charge in [0.15, 0.2) is 5.78 Å². The SMILES string of the molecule is COc1cn([C@@H](C[C@@H]2CCCCO2)C(=O)Cc2ccc(C(=O)O)cc2)c(=O)cc1-c1cc(Cl)ccc1C#N. The number of hydrogen-bond acceptors (Lipinski definition) is 6. The zero-order valence-electron chi connectivity index (χ0n) is 20.9. The Morgan fingerprint density at radius 2 is 1.95 bits per heavy atom. The Bertz CT molecular complexity index is 1430. The molecule has 0 bridgehead atoms. The van der Waals surface area contributed by atoms with E-state index in [0.717, 1.165) is 19.3 Å². The van der Waals surface area contributed by atoms with Gasteiger partial charge in [0.2, 0.25) is 0 Å². The Morgan fingerprint density at radius 1 is 1.18 bits per heavy atom. The lowest BCUT2D eigenvalue weighted by Gasteiger charge is -2.28. The van der Waals surface area contributed by atoms with Crippen molar-refractivity contribution in [2.45, 2.75) is 44.2 Å². The van der Waals surface area contributed by atoms with E-state index < -0.39 is 17.6 Å². The molecule has 196 valence electrons. The van der Waals surface area contributed by atoms with Gasteiger partial charge in [0.25, 0.3) is 5.56 Å². The first-order valence-electron chi connectivity index (χ1n) is 12.3. The maximum absolute atomic E-state index is 13.6. The third-order valence-corrected chi connectivity index (χ3v) is 6.94. The van der Waals surface area contributed by atoms with Crippen LogP contribution in [0.4, 0.5) is 0 Å². The molecule has 0 amide bonds. The number of carboxylic acids is 1. The lowest BCUT2D eigenvalue weighted by Crippen LogP contribution is -2.34. The molecule has 0 unspecified atom stereocenters. The number of methoxy groups -OCH3 is 1. The molecule has 0 aliphatic carbocycles. The normalized spacial score (nSPS) is 15.9. The topological polar surface area (TPSA) is 119 Å². The van der Waals surface area contributed by atoms with Gasteiger partial charge < -0.3 is 19.1 Å². The molecule has 9 heteroatoms. The molecule has 4 rings (SSSR count). The number of carbonyl (C=O) groups excluding carboxylic acids is 1. The zero-order chi connectivity index (χ0) is 27.2. The number of aromatic carboxylic acids is 1. The predicted octanol–water partition coefficient (Wildman–Crippen LogP) is 5.06. The third-order valence-electron chi connectivity index (χ3n) is 6.70.